The Morgan fingerprint density at radius 2 is 1.96 bits per heavy atom. The summed E-state index contributed by atoms with van der Waals surface area (Å²) in [6.07, 6.45) is 0.718. The van der Waals surface area contributed by atoms with Crippen molar-refractivity contribution in [3.05, 3.63) is 57.5 Å². The Morgan fingerprint density at radius 3 is 2.67 bits per heavy atom. The van der Waals surface area contributed by atoms with Crippen LogP contribution >= 0.6 is 11.3 Å². The van der Waals surface area contributed by atoms with Gasteiger partial charge in [0.1, 0.15) is 10.5 Å². The van der Waals surface area contributed by atoms with Crippen LogP contribution in [0.2, 0.25) is 0 Å². The molecule has 0 aliphatic rings. The van der Waals surface area contributed by atoms with E-state index in [1.165, 1.54) is 23.5 Å². The minimum Gasteiger partial charge on any atom is -0.310 e. The van der Waals surface area contributed by atoms with E-state index in [0.29, 0.717) is 29.1 Å². The molecule has 0 bridgehead atoms. The molecule has 2 heterocycles. The van der Waals surface area contributed by atoms with Crippen LogP contribution in [0, 0.1) is 0 Å². The summed E-state index contributed by atoms with van der Waals surface area (Å²) in [5, 5.41) is 10.1. The fourth-order valence-corrected chi connectivity index (χ4v) is 3.53. The van der Waals surface area contributed by atoms with Gasteiger partial charge in [-0.25, -0.2) is 18.5 Å². The number of aromatic amines is 1. The summed E-state index contributed by atoms with van der Waals surface area (Å²) in [6.45, 7) is 1.12. The molecule has 0 saturated carbocycles. The van der Waals surface area contributed by atoms with Gasteiger partial charge in [-0.05, 0) is 42.1 Å². The summed E-state index contributed by atoms with van der Waals surface area (Å²) in [5.74, 6) is 0.593. The molecule has 9 heteroatoms. The van der Waals surface area contributed by atoms with Crippen LogP contribution in [0.25, 0.3) is 10.2 Å². The summed E-state index contributed by atoms with van der Waals surface area (Å²) >= 11 is 1.37. The molecule has 0 saturated heterocycles. The van der Waals surface area contributed by atoms with Gasteiger partial charge in [-0.15, -0.1) is 11.3 Å². The first-order valence-corrected chi connectivity index (χ1v) is 9.65. The molecule has 7 nitrogen and oxygen atoms in total. The Kier molecular flexibility index (Phi) is 4.76. The zero-order chi connectivity index (χ0) is 17.2. The van der Waals surface area contributed by atoms with Gasteiger partial charge in [0, 0.05) is 0 Å². The van der Waals surface area contributed by atoms with Crippen LogP contribution in [0.3, 0.4) is 0 Å². The third-order valence-corrected chi connectivity index (χ3v) is 5.33. The summed E-state index contributed by atoms with van der Waals surface area (Å²) in [5.41, 5.74) is 1.58. The number of fused-ring (bicyclic) bond motifs is 1. The molecule has 2 aromatic heterocycles. The Hall–Kier alpha value is -2.07. The molecule has 3 aromatic rings. The minimum absolute atomic E-state index is 0.102. The SMILES string of the molecule is NS(=O)(=O)c1ccc(CCNCc2nc3ccsc3c(=O)[nH]2)cc1. The number of nitrogens with two attached hydrogens (primary N) is 1. The Labute approximate surface area is 142 Å². The van der Waals surface area contributed by atoms with E-state index in [1.54, 1.807) is 12.1 Å². The number of aromatic nitrogens is 2. The summed E-state index contributed by atoms with van der Waals surface area (Å²) < 4.78 is 23.0. The number of sulfonamides is 1. The van der Waals surface area contributed by atoms with Crippen LogP contribution in [-0.2, 0) is 23.0 Å². The van der Waals surface area contributed by atoms with Crippen LogP contribution in [-0.4, -0.2) is 24.9 Å². The van der Waals surface area contributed by atoms with E-state index < -0.39 is 10.0 Å². The number of H-pyrrole nitrogens is 1. The maximum absolute atomic E-state index is 11.9. The second-order valence-corrected chi connectivity index (χ2v) is 7.74. The van der Waals surface area contributed by atoms with Gasteiger partial charge in [-0.3, -0.25) is 4.79 Å². The van der Waals surface area contributed by atoms with Crippen molar-refractivity contribution < 1.29 is 8.42 Å². The number of thiophene rings is 1. The van der Waals surface area contributed by atoms with Crippen molar-refractivity contribution in [3.8, 4) is 0 Å². The molecule has 0 aliphatic carbocycles. The quantitative estimate of drug-likeness (QED) is 0.563. The molecule has 24 heavy (non-hydrogen) atoms. The minimum atomic E-state index is -3.65. The summed E-state index contributed by atoms with van der Waals surface area (Å²) in [4.78, 5) is 19.1. The monoisotopic (exact) mass is 364 g/mol. The second-order valence-electron chi connectivity index (χ2n) is 5.26. The lowest BCUT2D eigenvalue weighted by molar-refractivity contribution is 0.597. The molecular formula is C15H16N4O3S2. The molecule has 0 unspecified atom stereocenters. The maximum atomic E-state index is 11.9. The lowest BCUT2D eigenvalue weighted by Crippen LogP contribution is -2.21. The van der Waals surface area contributed by atoms with Crippen molar-refractivity contribution in [3.63, 3.8) is 0 Å². The maximum Gasteiger partial charge on any atom is 0.268 e. The number of hydrogen-bond acceptors (Lipinski definition) is 6. The largest absolute Gasteiger partial charge is 0.310 e. The average Bonchev–Trinajstić information content (AvgIpc) is 3.00. The Morgan fingerprint density at radius 1 is 1.21 bits per heavy atom. The van der Waals surface area contributed by atoms with Crippen molar-refractivity contribution in [1.29, 1.82) is 0 Å². The highest BCUT2D eigenvalue weighted by Crippen LogP contribution is 2.13. The molecule has 0 aliphatic heterocycles. The van der Waals surface area contributed by atoms with Crippen LogP contribution in [0.15, 0.2) is 45.4 Å². The standard InChI is InChI=1S/C15H16N4O3S2/c16-24(21,22)11-3-1-10(2-4-11)5-7-17-9-13-18-12-6-8-23-14(12)15(20)19-13/h1-4,6,8,17H,5,7,9H2,(H2,16,21,22)(H,18,19,20). The molecule has 0 amide bonds. The fourth-order valence-electron chi connectivity index (χ4n) is 2.29. The number of nitrogens with zero attached hydrogens (tertiary/aromatic N) is 1. The van der Waals surface area contributed by atoms with Gasteiger partial charge in [0.15, 0.2) is 0 Å². The lowest BCUT2D eigenvalue weighted by atomic mass is 10.1. The smallest absolute Gasteiger partial charge is 0.268 e. The molecular weight excluding hydrogens is 348 g/mol. The highest BCUT2D eigenvalue weighted by molar-refractivity contribution is 7.89. The summed E-state index contributed by atoms with van der Waals surface area (Å²) in [7, 11) is -3.65. The first-order chi connectivity index (χ1) is 11.4. The van der Waals surface area contributed by atoms with Crippen LogP contribution in [0.1, 0.15) is 11.4 Å². The predicted octanol–water partition coefficient (Wildman–Crippen LogP) is 0.964. The van der Waals surface area contributed by atoms with Crippen molar-refractivity contribution >= 4 is 31.6 Å². The van der Waals surface area contributed by atoms with E-state index >= 15 is 0 Å². The van der Waals surface area contributed by atoms with Gasteiger partial charge < -0.3 is 10.3 Å². The number of hydrogen-bond donors (Lipinski definition) is 3. The molecule has 0 atom stereocenters. The number of benzene rings is 1. The Balaban J connectivity index is 1.55. The summed E-state index contributed by atoms with van der Waals surface area (Å²) in [6, 6.07) is 8.28. The predicted molar refractivity (Wildman–Crippen MR) is 93.5 cm³/mol. The first-order valence-electron chi connectivity index (χ1n) is 7.22. The molecule has 0 fully saturated rings. The van der Waals surface area contributed by atoms with Crippen molar-refractivity contribution in [2.24, 2.45) is 5.14 Å². The number of nitrogens with one attached hydrogen (secondary N) is 2. The van der Waals surface area contributed by atoms with Gasteiger partial charge in [0.05, 0.1) is 17.0 Å². The highest BCUT2D eigenvalue weighted by atomic mass is 32.2. The average molecular weight is 364 g/mol. The van der Waals surface area contributed by atoms with E-state index in [4.69, 9.17) is 5.14 Å². The van der Waals surface area contributed by atoms with Crippen molar-refractivity contribution in [2.45, 2.75) is 17.9 Å². The zero-order valence-electron chi connectivity index (χ0n) is 12.7. The van der Waals surface area contributed by atoms with E-state index in [-0.39, 0.29) is 10.5 Å². The van der Waals surface area contributed by atoms with Crippen LogP contribution < -0.4 is 16.0 Å². The van der Waals surface area contributed by atoms with Crippen LogP contribution in [0.5, 0.6) is 0 Å². The van der Waals surface area contributed by atoms with Gasteiger partial charge >= 0.3 is 0 Å². The third kappa shape index (κ3) is 3.88. The topological polar surface area (TPSA) is 118 Å². The molecule has 3 rings (SSSR count). The molecule has 126 valence electrons. The van der Waals surface area contributed by atoms with E-state index in [0.717, 1.165) is 12.0 Å². The van der Waals surface area contributed by atoms with Crippen LogP contribution in [0.4, 0.5) is 0 Å². The number of rotatable bonds is 6. The van der Waals surface area contributed by atoms with Crippen molar-refractivity contribution in [1.82, 2.24) is 15.3 Å². The fraction of sp³-hybridized carbons (Fsp3) is 0.200. The number of primary sulfonamides is 1. The lowest BCUT2D eigenvalue weighted by Gasteiger charge is -2.05. The third-order valence-electron chi connectivity index (χ3n) is 3.50. The van der Waals surface area contributed by atoms with Gasteiger partial charge in [-0.2, -0.15) is 0 Å². The zero-order valence-corrected chi connectivity index (χ0v) is 14.3. The van der Waals surface area contributed by atoms with Gasteiger partial charge in [0.25, 0.3) is 5.56 Å². The molecule has 0 spiro atoms. The van der Waals surface area contributed by atoms with Gasteiger partial charge in [-0.1, -0.05) is 12.1 Å². The second kappa shape index (κ2) is 6.81. The normalized spacial score (nSPS) is 11.9. The highest BCUT2D eigenvalue weighted by Gasteiger charge is 2.07. The van der Waals surface area contributed by atoms with Gasteiger partial charge in [0.2, 0.25) is 10.0 Å². The Bertz CT molecular complexity index is 1010. The van der Waals surface area contributed by atoms with E-state index in [9.17, 15) is 13.2 Å². The molecule has 0 radical (unpaired) electrons. The van der Waals surface area contributed by atoms with Crippen molar-refractivity contribution in [2.75, 3.05) is 6.54 Å². The van der Waals surface area contributed by atoms with E-state index in [2.05, 4.69) is 15.3 Å². The van der Waals surface area contributed by atoms with E-state index in [1.807, 2.05) is 11.4 Å². The molecule has 4 N–H and O–H groups in total. The first kappa shape index (κ1) is 16.8. The molecule has 1 aromatic carbocycles.